The third-order valence-electron chi connectivity index (χ3n) is 4.52. The van der Waals surface area contributed by atoms with Crippen molar-refractivity contribution in [2.45, 2.75) is 4.90 Å². The Bertz CT molecular complexity index is 1090. The average molecular weight is 446 g/mol. The number of hydrogen-bond donors (Lipinski definition) is 1. The number of morpholine rings is 1. The Kier molecular flexibility index (Phi) is 7.34. The summed E-state index contributed by atoms with van der Waals surface area (Å²) >= 11 is 0. The maximum absolute atomic E-state index is 13.1. The molecule has 0 aromatic heterocycles. The molecule has 0 saturated carbocycles. The second-order valence-corrected chi connectivity index (χ2v) is 8.35. The van der Waals surface area contributed by atoms with E-state index in [4.69, 9.17) is 9.47 Å². The first-order chi connectivity index (χ1) is 14.9. The Labute approximate surface area is 180 Å². The molecule has 0 atom stereocenters. The first-order valence-corrected chi connectivity index (χ1v) is 10.8. The van der Waals surface area contributed by atoms with Crippen molar-refractivity contribution in [2.75, 3.05) is 38.8 Å². The first-order valence-electron chi connectivity index (χ1n) is 9.38. The quantitative estimate of drug-likeness (QED) is 0.376. The standard InChI is InChI=1S/C20H22N4O6S/c1-29-19-7-3-2-5-16(19)6-4-10-21-22-18-9-8-17(24(25)26)15-20(18)31(27,28)23-11-13-30-14-12-23/h2-10,15,22H,11-14H2,1H3/b6-4+,21-10+. The van der Waals surface area contributed by atoms with Crippen molar-refractivity contribution in [1.29, 1.82) is 0 Å². The number of ether oxygens (including phenoxy) is 2. The Balaban J connectivity index is 1.82. The van der Waals surface area contributed by atoms with Crippen LogP contribution in [0.25, 0.3) is 6.08 Å². The number of non-ortho nitro benzene ring substituents is 1. The van der Waals surface area contributed by atoms with Gasteiger partial charge < -0.3 is 9.47 Å². The summed E-state index contributed by atoms with van der Waals surface area (Å²) in [5.41, 5.74) is 3.33. The van der Waals surface area contributed by atoms with Gasteiger partial charge in [-0.3, -0.25) is 15.5 Å². The maximum atomic E-state index is 13.1. The molecule has 10 nitrogen and oxygen atoms in total. The van der Waals surface area contributed by atoms with Crippen LogP contribution in [0.2, 0.25) is 0 Å². The van der Waals surface area contributed by atoms with Crippen LogP contribution in [0.5, 0.6) is 5.75 Å². The number of rotatable bonds is 8. The van der Waals surface area contributed by atoms with E-state index in [9.17, 15) is 18.5 Å². The topological polar surface area (TPSA) is 123 Å². The molecule has 0 spiro atoms. The molecule has 3 rings (SSSR count). The molecular formula is C20H22N4O6S. The molecule has 2 aromatic rings. The molecular weight excluding hydrogens is 424 g/mol. The van der Waals surface area contributed by atoms with E-state index < -0.39 is 14.9 Å². The number of methoxy groups -OCH3 is 1. The van der Waals surface area contributed by atoms with Gasteiger partial charge >= 0.3 is 0 Å². The molecule has 1 fully saturated rings. The largest absolute Gasteiger partial charge is 0.496 e. The summed E-state index contributed by atoms with van der Waals surface area (Å²) in [6, 6.07) is 11.0. The van der Waals surface area contributed by atoms with E-state index in [-0.39, 0.29) is 42.6 Å². The second kappa shape index (κ2) is 10.2. The van der Waals surface area contributed by atoms with Crippen LogP contribution in [0, 0.1) is 10.1 Å². The first kappa shape index (κ1) is 22.4. The summed E-state index contributed by atoms with van der Waals surface area (Å²) in [7, 11) is -2.39. The number of anilines is 1. The number of hydrazone groups is 1. The van der Waals surface area contributed by atoms with E-state index in [1.807, 2.05) is 24.3 Å². The van der Waals surface area contributed by atoms with Crippen LogP contribution >= 0.6 is 0 Å². The number of nitro groups is 1. The molecule has 164 valence electrons. The summed E-state index contributed by atoms with van der Waals surface area (Å²) in [6.07, 6.45) is 4.89. The molecule has 1 aliphatic heterocycles. The summed E-state index contributed by atoms with van der Waals surface area (Å²) in [4.78, 5) is 10.3. The van der Waals surface area contributed by atoms with E-state index >= 15 is 0 Å². The number of nitrogens with zero attached hydrogens (tertiary/aromatic N) is 3. The van der Waals surface area contributed by atoms with E-state index in [1.165, 1.54) is 22.7 Å². The molecule has 31 heavy (non-hydrogen) atoms. The minimum atomic E-state index is -3.97. The Morgan fingerprint density at radius 1 is 1.23 bits per heavy atom. The molecule has 0 amide bonds. The summed E-state index contributed by atoms with van der Waals surface area (Å²) in [5.74, 6) is 0.703. The summed E-state index contributed by atoms with van der Waals surface area (Å²) in [6.45, 7) is 0.885. The lowest BCUT2D eigenvalue weighted by atomic mass is 10.2. The molecule has 0 radical (unpaired) electrons. The molecule has 0 unspecified atom stereocenters. The predicted molar refractivity (Wildman–Crippen MR) is 117 cm³/mol. The van der Waals surface area contributed by atoms with Crippen LogP contribution in [0.1, 0.15) is 5.56 Å². The molecule has 2 aromatic carbocycles. The molecule has 11 heteroatoms. The van der Waals surface area contributed by atoms with Crippen LogP contribution in [-0.2, 0) is 14.8 Å². The van der Waals surface area contributed by atoms with Gasteiger partial charge in [0.05, 0.1) is 30.9 Å². The van der Waals surface area contributed by atoms with Crippen LogP contribution in [0.15, 0.2) is 58.5 Å². The van der Waals surface area contributed by atoms with Gasteiger partial charge in [0.15, 0.2) is 0 Å². The Hall–Kier alpha value is -3.28. The van der Waals surface area contributed by atoms with E-state index in [0.29, 0.717) is 5.75 Å². The number of allylic oxidation sites excluding steroid dienone is 1. The zero-order valence-corrected chi connectivity index (χ0v) is 17.6. The van der Waals surface area contributed by atoms with Crippen molar-refractivity contribution in [2.24, 2.45) is 5.10 Å². The van der Waals surface area contributed by atoms with Crippen molar-refractivity contribution in [3.05, 3.63) is 64.2 Å². The SMILES string of the molecule is COc1ccccc1/C=C/C=N/Nc1ccc([N+](=O)[O-])cc1S(=O)(=O)N1CCOCC1. The fourth-order valence-electron chi connectivity index (χ4n) is 2.96. The minimum absolute atomic E-state index is 0.138. The van der Waals surface area contributed by atoms with Gasteiger partial charge in [-0.25, -0.2) is 8.42 Å². The van der Waals surface area contributed by atoms with E-state index in [1.54, 1.807) is 19.3 Å². The lowest BCUT2D eigenvalue weighted by Crippen LogP contribution is -2.40. The number of nitro benzene ring substituents is 1. The number of nitrogens with one attached hydrogen (secondary N) is 1. The zero-order chi connectivity index (χ0) is 22.3. The molecule has 1 aliphatic rings. The fourth-order valence-corrected chi connectivity index (χ4v) is 4.53. The second-order valence-electron chi connectivity index (χ2n) is 6.45. The molecule has 1 saturated heterocycles. The van der Waals surface area contributed by atoms with Crippen LogP contribution in [0.3, 0.4) is 0 Å². The van der Waals surface area contributed by atoms with Crippen molar-refractivity contribution >= 4 is 33.7 Å². The number of para-hydroxylation sites is 1. The van der Waals surface area contributed by atoms with Crippen LogP contribution in [0.4, 0.5) is 11.4 Å². The maximum Gasteiger partial charge on any atom is 0.270 e. The number of sulfonamides is 1. The highest BCUT2D eigenvalue weighted by Crippen LogP contribution is 2.29. The van der Waals surface area contributed by atoms with Crippen molar-refractivity contribution in [3.8, 4) is 5.75 Å². The third-order valence-corrected chi connectivity index (χ3v) is 6.46. The van der Waals surface area contributed by atoms with Gasteiger partial charge in [-0.05, 0) is 24.3 Å². The zero-order valence-electron chi connectivity index (χ0n) is 16.8. The summed E-state index contributed by atoms with van der Waals surface area (Å²) in [5, 5.41) is 15.2. The molecule has 1 N–H and O–H groups in total. The van der Waals surface area contributed by atoms with Gasteiger partial charge in [0.2, 0.25) is 10.0 Å². The van der Waals surface area contributed by atoms with Gasteiger partial charge in [-0.2, -0.15) is 9.41 Å². The highest BCUT2D eigenvalue weighted by molar-refractivity contribution is 7.89. The average Bonchev–Trinajstić information content (AvgIpc) is 2.79. The molecule has 0 aliphatic carbocycles. The van der Waals surface area contributed by atoms with Gasteiger partial charge in [-0.1, -0.05) is 18.2 Å². The monoisotopic (exact) mass is 446 g/mol. The van der Waals surface area contributed by atoms with E-state index in [2.05, 4.69) is 10.5 Å². The van der Waals surface area contributed by atoms with Gasteiger partial charge in [-0.15, -0.1) is 0 Å². The third kappa shape index (κ3) is 5.45. The van der Waals surface area contributed by atoms with E-state index in [0.717, 1.165) is 11.6 Å². The van der Waals surface area contributed by atoms with Crippen molar-refractivity contribution in [3.63, 3.8) is 0 Å². The Morgan fingerprint density at radius 2 is 1.97 bits per heavy atom. The lowest BCUT2D eigenvalue weighted by Gasteiger charge is -2.26. The minimum Gasteiger partial charge on any atom is -0.496 e. The number of hydrogen-bond acceptors (Lipinski definition) is 8. The lowest BCUT2D eigenvalue weighted by molar-refractivity contribution is -0.385. The normalized spacial score (nSPS) is 15.4. The van der Waals surface area contributed by atoms with Crippen LogP contribution in [-0.4, -0.2) is 57.3 Å². The number of benzene rings is 2. The van der Waals surface area contributed by atoms with Gasteiger partial charge in [0, 0.05) is 37.0 Å². The van der Waals surface area contributed by atoms with Crippen molar-refractivity contribution < 1.29 is 22.8 Å². The van der Waals surface area contributed by atoms with Gasteiger partial charge in [0.1, 0.15) is 10.6 Å². The predicted octanol–water partition coefficient (Wildman–Crippen LogP) is 2.74. The summed E-state index contributed by atoms with van der Waals surface area (Å²) < 4.78 is 37.8. The fraction of sp³-hybridized carbons (Fsp3) is 0.250. The van der Waals surface area contributed by atoms with Crippen molar-refractivity contribution in [1.82, 2.24) is 4.31 Å². The Morgan fingerprint density at radius 3 is 2.68 bits per heavy atom. The highest BCUT2D eigenvalue weighted by atomic mass is 32.2. The molecule has 0 bridgehead atoms. The smallest absolute Gasteiger partial charge is 0.270 e. The van der Waals surface area contributed by atoms with Crippen LogP contribution < -0.4 is 10.2 Å². The highest BCUT2D eigenvalue weighted by Gasteiger charge is 2.30. The molecule has 1 heterocycles. The van der Waals surface area contributed by atoms with Gasteiger partial charge in [0.25, 0.3) is 5.69 Å².